The van der Waals surface area contributed by atoms with E-state index in [1.807, 2.05) is 4.90 Å². The SMILES string of the molecule is COC[C@@]12CCCC[C@@H]1CN(C(=O)CCl)C2. The predicted octanol–water partition coefficient (Wildman–Crippen LogP) is 1.89. The molecule has 2 rings (SSSR count). The molecule has 0 spiro atoms. The molecule has 1 aliphatic carbocycles. The van der Waals surface area contributed by atoms with Crippen LogP contribution in [0.1, 0.15) is 25.7 Å². The number of rotatable bonds is 3. The van der Waals surface area contributed by atoms with Gasteiger partial charge in [-0.1, -0.05) is 12.8 Å². The molecule has 3 nitrogen and oxygen atoms in total. The van der Waals surface area contributed by atoms with E-state index < -0.39 is 0 Å². The molecule has 2 atom stereocenters. The fourth-order valence-corrected chi connectivity index (χ4v) is 3.55. The van der Waals surface area contributed by atoms with Gasteiger partial charge in [-0.3, -0.25) is 4.79 Å². The number of methoxy groups -OCH3 is 1. The first-order valence-electron chi connectivity index (χ1n) is 6.04. The summed E-state index contributed by atoms with van der Waals surface area (Å²) in [7, 11) is 1.76. The van der Waals surface area contributed by atoms with Crippen LogP contribution in [-0.4, -0.2) is 43.5 Å². The van der Waals surface area contributed by atoms with Crippen molar-refractivity contribution in [2.24, 2.45) is 11.3 Å². The Balaban J connectivity index is 2.10. The van der Waals surface area contributed by atoms with Crippen molar-refractivity contribution >= 4 is 17.5 Å². The lowest BCUT2D eigenvalue weighted by Gasteiger charge is -2.37. The lowest BCUT2D eigenvalue weighted by molar-refractivity contribution is -0.128. The first-order chi connectivity index (χ1) is 7.72. The van der Waals surface area contributed by atoms with E-state index in [0.29, 0.717) is 5.92 Å². The van der Waals surface area contributed by atoms with E-state index in [0.717, 1.165) is 19.7 Å². The third-order valence-electron chi connectivity index (χ3n) is 4.19. The van der Waals surface area contributed by atoms with Gasteiger partial charge >= 0.3 is 0 Å². The highest BCUT2D eigenvalue weighted by Gasteiger charge is 2.48. The molecule has 0 bridgehead atoms. The zero-order valence-corrected chi connectivity index (χ0v) is 10.6. The smallest absolute Gasteiger partial charge is 0.237 e. The second-order valence-corrected chi connectivity index (χ2v) is 5.41. The summed E-state index contributed by atoms with van der Waals surface area (Å²) < 4.78 is 5.38. The number of amides is 1. The van der Waals surface area contributed by atoms with Gasteiger partial charge in [0.05, 0.1) is 6.61 Å². The van der Waals surface area contributed by atoms with Crippen molar-refractivity contribution < 1.29 is 9.53 Å². The van der Waals surface area contributed by atoms with Crippen LogP contribution < -0.4 is 0 Å². The van der Waals surface area contributed by atoms with Crippen LogP contribution in [0.5, 0.6) is 0 Å². The maximum absolute atomic E-state index is 11.7. The van der Waals surface area contributed by atoms with Crippen LogP contribution in [0, 0.1) is 11.3 Å². The van der Waals surface area contributed by atoms with Crippen LogP contribution in [0.3, 0.4) is 0 Å². The fraction of sp³-hybridized carbons (Fsp3) is 0.917. The highest BCUT2D eigenvalue weighted by atomic mass is 35.5. The molecule has 0 aromatic rings. The Labute approximate surface area is 102 Å². The summed E-state index contributed by atoms with van der Waals surface area (Å²) in [5.41, 5.74) is 0.217. The molecule has 0 aromatic heterocycles. The van der Waals surface area contributed by atoms with Gasteiger partial charge in [0.1, 0.15) is 5.88 Å². The first-order valence-corrected chi connectivity index (χ1v) is 6.58. The highest BCUT2D eigenvalue weighted by molar-refractivity contribution is 6.27. The van der Waals surface area contributed by atoms with Crippen LogP contribution in [0.2, 0.25) is 0 Å². The van der Waals surface area contributed by atoms with E-state index in [9.17, 15) is 4.79 Å². The third-order valence-corrected chi connectivity index (χ3v) is 4.42. The molecule has 0 unspecified atom stereocenters. The Kier molecular flexibility index (Phi) is 3.75. The van der Waals surface area contributed by atoms with E-state index in [1.54, 1.807) is 7.11 Å². The van der Waals surface area contributed by atoms with Crippen molar-refractivity contribution in [3.05, 3.63) is 0 Å². The van der Waals surface area contributed by atoms with Gasteiger partial charge in [0, 0.05) is 25.6 Å². The standard InChI is InChI=1S/C12H20ClNO2/c1-16-9-12-5-3-2-4-10(12)7-14(8-12)11(15)6-13/h10H,2-9H2,1H3/t10-,12+/m1/s1. The van der Waals surface area contributed by atoms with Gasteiger partial charge in [-0.15, -0.1) is 11.6 Å². The minimum Gasteiger partial charge on any atom is -0.384 e. The monoisotopic (exact) mass is 245 g/mol. The van der Waals surface area contributed by atoms with E-state index >= 15 is 0 Å². The Hall–Kier alpha value is -0.280. The Morgan fingerprint density at radius 3 is 3.06 bits per heavy atom. The summed E-state index contributed by atoms with van der Waals surface area (Å²) in [5, 5.41) is 0. The van der Waals surface area contributed by atoms with Crippen LogP contribution in [0.15, 0.2) is 0 Å². The van der Waals surface area contributed by atoms with Crippen molar-refractivity contribution in [1.82, 2.24) is 4.90 Å². The summed E-state index contributed by atoms with van der Waals surface area (Å²) in [6, 6.07) is 0. The minimum atomic E-state index is 0.0755. The Morgan fingerprint density at radius 1 is 1.56 bits per heavy atom. The fourth-order valence-electron chi connectivity index (χ4n) is 3.38. The van der Waals surface area contributed by atoms with Crippen molar-refractivity contribution in [2.75, 3.05) is 32.7 Å². The molecule has 1 aliphatic heterocycles. The molecule has 0 aromatic carbocycles. The maximum Gasteiger partial charge on any atom is 0.237 e. The molecule has 2 fully saturated rings. The van der Waals surface area contributed by atoms with Gasteiger partial charge in [-0.25, -0.2) is 0 Å². The third kappa shape index (κ3) is 2.07. The topological polar surface area (TPSA) is 29.5 Å². The van der Waals surface area contributed by atoms with E-state index in [4.69, 9.17) is 16.3 Å². The zero-order chi connectivity index (χ0) is 11.6. The number of ether oxygens (including phenoxy) is 1. The van der Waals surface area contributed by atoms with Gasteiger partial charge < -0.3 is 9.64 Å². The number of likely N-dealkylation sites (tertiary alicyclic amines) is 1. The molecule has 1 heterocycles. The minimum absolute atomic E-state index is 0.0755. The molecular formula is C12H20ClNO2. The summed E-state index contributed by atoms with van der Waals surface area (Å²) in [4.78, 5) is 13.6. The van der Waals surface area contributed by atoms with Crippen LogP contribution in [0.4, 0.5) is 0 Å². The van der Waals surface area contributed by atoms with Gasteiger partial charge in [-0.2, -0.15) is 0 Å². The molecule has 16 heavy (non-hydrogen) atoms. The number of fused-ring (bicyclic) bond motifs is 1. The lowest BCUT2D eigenvalue weighted by atomic mass is 9.69. The molecule has 92 valence electrons. The first kappa shape index (κ1) is 12.2. The van der Waals surface area contributed by atoms with E-state index in [2.05, 4.69) is 0 Å². The van der Waals surface area contributed by atoms with Gasteiger partial charge in [0.25, 0.3) is 0 Å². The van der Waals surface area contributed by atoms with E-state index in [1.165, 1.54) is 25.7 Å². The molecule has 4 heteroatoms. The van der Waals surface area contributed by atoms with Crippen LogP contribution in [0.25, 0.3) is 0 Å². The second kappa shape index (κ2) is 4.92. The molecule has 0 N–H and O–H groups in total. The summed E-state index contributed by atoms with van der Waals surface area (Å²) >= 11 is 5.63. The zero-order valence-electron chi connectivity index (χ0n) is 9.88. The average molecular weight is 246 g/mol. The molecule has 0 radical (unpaired) electrons. The summed E-state index contributed by atoms with van der Waals surface area (Å²) in [6.45, 7) is 2.51. The molecule has 2 aliphatic rings. The number of hydrogen-bond acceptors (Lipinski definition) is 2. The summed E-state index contributed by atoms with van der Waals surface area (Å²) in [5.74, 6) is 0.801. The number of halogens is 1. The Morgan fingerprint density at radius 2 is 2.38 bits per heavy atom. The number of nitrogens with zero attached hydrogens (tertiary/aromatic N) is 1. The second-order valence-electron chi connectivity index (χ2n) is 5.15. The average Bonchev–Trinajstić information content (AvgIpc) is 2.67. The number of hydrogen-bond donors (Lipinski definition) is 0. The molecule has 1 amide bonds. The number of carbonyl (C=O) groups is 1. The quantitative estimate of drug-likeness (QED) is 0.711. The van der Waals surface area contributed by atoms with Gasteiger partial charge in [0.15, 0.2) is 0 Å². The Bertz CT molecular complexity index is 268. The molecule has 1 saturated heterocycles. The highest BCUT2D eigenvalue weighted by Crippen LogP contribution is 2.46. The largest absolute Gasteiger partial charge is 0.384 e. The number of carbonyl (C=O) groups excluding carboxylic acids is 1. The van der Waals surface area contributed by atoms with Crippen molar-refractivity contribution in [3.63, 3.8) is 0 Å². The molecular weight excluding hydrogens is 226 g/mol. The van der Waals surface area contributed by atoms with E-state index in [-0.39, 0.29) is 17.2 Å². The maximum atomic E-state index is 11.7. The van der Waals surface area contributed by atoms with Crippen LogP contribution >= 0.6 is 11.6 Å². The lowest BCUT2D eigenvalue weighted by Crippen LogP contribution is -2.38. The van der Waals surface area contributed by atoms with Crippen molar-refractivity contribution in [3.8, 4) is 0 Å². The normalized spacial score (nSPS) is 33.9. The van der Waals surface area contributed by atoms with Crippen molar-refractivity contribution in [1.29, 1.82) is 0 Å². The van der Waals surface area contributed by atoms with Gasteiger partial charge in [-0.05, 0) is 18.8 Å². The van der Waals surface area contributed by atoms with Crippen molar-refractivity contribution in [2.45, 2.75) is 25.7 Å². The molecule has 1 saturated carbocycles. The summed E-state index contributed by atoms with van der Waals surface area (Å²) in [6.07, 6.45) is 4.98. The predicted molar refractivity (Wildman–Crippen MR) is 63.6 cm³/mol. The van der Waals surface area contributed by atoms with Crippen LogP contribution in [-0.2, 0) is 9.53 Å². The number of alkyl halides is 1. The van der Waals surface area contributed by atoms with Gasteiger partial charge in [0.2, 0.25) is 5.91 Å².